The first kappa shape index (κ1) is 30.9. The van der Waals surface area contributed by atoms with Crippen LogP contribution in [0, 0.1) is 0 Å². The minimum absolute atomic E-state index is 0.0937. The van der Waals surface area contributed by atoms with Crippen LogP contribution in [0.25, 0.3) is 12.2 Å². The van der Waals surface area contributed by atoms with Gasteiger partial charge in [-0.25, -0.2) is 14.4 Å². The lowest BCUT2D eigenvalue weighted by Crippen LogP contribution is -2.58. The van der Waals surface area contributed by atoms with Gasteiger partial charge in [0.15, 0.2) is 28.6 Å². The van der Waals surface area contributed by atoms with Crippen molar-refractivity contribution in [2.75, 3.05) is 13.2 Å². The number of carbonyl (C=O) groups is 3. The van der Waals surface area contributed by atoms with Gasteiger partial charge in [-0.1, -0.05) is 12.1 Å². The molecule has 41 heavy (non-hydrogen) atoms. The maximum absolute atomic E-state index is 12.7. The third-order valence-electron chi connectivity index (χ3n) is 6.11. The van der Waals surface area contributed by atoms with Crippen molar-refractivity contribution in [3.63, 3.8) is 0 Å². The summed E-state index contributed by atoms with van der Waals surface area (Å²) in [6, 6.07) is 7.56. The Balaban J connectivity index is 1.76. The Morgan fingerprint density at radius 2 is 1.27 bits per heavy atom. The van der Waals surface area contributed by atoms with Gasteiger partial charge in [-0.2, -0.15) is 0 Å². The Hall–Kier alpha value is -4.59. The van der Waals surface area contributed by atoms with E-state index in [0.29, 0.717) is 11.1 Å². The molecular weight excluding hydrogens is 544 g/mol. The number of hydrogen-bond acceptors (Lipinski definition) is 13. The standard InChI is InChI=1S/C28H30O13/c29-10-1-11-39-27(37)28(38)14-22(40-24(34)8-4-16-2-6-18(30)20(32)12-16)26(36)23(15-28)41-25(35)9-5-17-3-7-19(31)21(33)13-17/h2-9,12-13,22-23,26,29-33,36,38H,1,10-11,14-15H2/b8-4+,9-5+/t22-,23-,26-,28+/m1/s1. The smallest absolute Gasteiger partial charge is 0.338 e. The van der Waals surface area contributed by atoms with Crippen molar-refractivity contribution in [2.24, 2.45) is 0 Å². The van der Waals surface area contributed by atoms with E-state index in [9.17, 15) is 45.0 Å². The zero-order chi connectivity index (χ0) is 30.2. The average Bonchev–Trinajstić information content (AvgIpc) is 2.92. The van der Waals surface area contributed by atoms with Crippen LogP contribution in [0.1, 0.15) is 30.4 Å². The summed E-state index contributed by atoms with van der Waals surface area (Å²) in [6.45, 7) is -0.499. The van der Waals surface area contributed by atoms with Crippen molar-refractivity contribution < 1.29 is 64.3 Å². The number of aliphatic hydroxyl groups excluding tert-OH is 2. The van der Waals surface area contributed by atoms with Gasteiger partial charge in [-0.15, -0.1) is 0 Å². The molecule has 1 fully saturated rings. The predicted molar refractivity (Wildman–Crippen MR) is 140 cm³/mol. The molecule has 7 N–H and O–H groups in total. The Bertz CT molecular complexity index is 1230. The van der Waals surface area contributed by atoms with Crippen molar-refractivity contribution in [3.8, 4) is 23.0 Å². The number of rotatable bonds is 10. The summed E-state index contributed by atoms with van der Waals surface area (Å²) >= 11 is 0. The number of hydrogen-bond donors (Lipinski definition) is 7. The SMILES string of the molecule is O=C(/C=C/c1ccc(O)c(O)c1)O[C@@H]1C[C@](O)(C(=O)OCCCO)C[C@@H](OC(=O)/C=C/c2ccc(O)c(O)c2)[C@H]1O. The molecule has 3 rings (SSSR count). The number of ether oxygens (including phenoxy) is 3. The van der Waals surface area contributed by atoms with Crippen LogP contribution in [-0.2, 0) is 28.6 Å². The van der Waals surface area contributed by atoms with Gasteiger partial charge in [-0.05, 0) is 47.5 Å². The highest BCUT2D eigenvalue weighted by atomic mass is 16.6. The van der Waals surface area contributed by atoms with E-state index in [1.807, 2.05) is 0 Å². The maximum atomic E-state index is 12.7. The van der Waals surface area contributed by atoms with E-state index in [2.05, 4.69) is 0 Å². The van der Waals surface area contributed by atoms with Crippen LogP contribution in [0.4, 0.5) is 0 Å². The number of phenols is 4. The lowest BCUT2D eigenvalue weighted by Gasteiger charge is -2.41. The second-order valence-corrected chi connectivity index (χ2v) is 9.26. The van der Waals surface area contributed by atoms with Crippen molar-refractivity contribution in [2.45, 2.75) is 43.2 Å². The third kappa shape index (κ3) is 8.45. The molecule has 2 aromatic carbocycles. The quantitative estimate of drug-likeness (QED) is 0.0689. The van der Waals surface area contributed by atoms with E-state index >= 15 is 0 Å². The van der Waals surface area contributed by atoms with Crippen LogP contribution >= 0.6 is 0 Å². The largest absolute Gasteiger partial charge is 0.504 e. The van der Waals surface area contributed by atoms with Gasteiger partial charge < -0.3 is 50.0 Å². The third-order valence-corrected chi connectivity index (χ3v) is 6.11. The van der Waals surface area contributed by atoms with Gasteiger partial charge in [0.1, 0.15) is 18.3 Å². The van der Waals surface area contributed by atoms with Crippen molar-refractivity contribution in [1.82, 2.24) is 0 Å². The highest BCUT2D eigenvalue weighted by molar-refractivity contribution is 5.88. The van der Waals surface area contributed by atoms with Gasteiger partial charge in [0.05, 0.1) is 6.61 Å². The molecule has 0 spiro atoms. The molecule has 13 heteroatoms. The molecular formula is C28H30O13. The van der Waals surface area contributed by atoms with E-state index in [-0.39, 0.29) is 31.1 Å². The molecule has 0 heterocycles. The first-order valence-corrected chi connectivity index (χ1v) is 12.4. The topological polar surface area (TPSA) is 221 Å². The van der Waals surface area contributed by atoms with Crippen molar-refractivity contribution >= 4 is 30.1 Å². The normalized spacial score (nSPS) is 22.5. The lowest BCUT2D eigenvalue weighted by molar-refractivity contribution is -0.206. The Morgan fingerprint density at radius 3 is 1.68 bits per heavy atom. The number of benzene rings is 2. The summed E-state index contributed by atoms with van der Waals surface area (Å²) in [5.41, 5.74) is -1.68. The molecule has 0 aromatic heterocycles. The molecule has 0 aliphatic heterocycles. The Labute approximate surface area is 233 Å². The summed E-state index contributed by atoms with van der Waals surface area (Å²) in [5.74, 6) is -4.71. The molecule has 0 bridgehead atoms. The molecule has 2 atom stereocenters. The molecule has 0 radical (unpaired) electrons. The van der Waals surface area contributed by atoms with Crippen LogP contribution in [0.2, 0.25) is 0 Å². The van der Waals surface area contributed by atoms with Crippen LogP contribution in [-0.4, -0.2) is 90.8 Å². The molecule has 0 saturated heterocycles. The fraction of sp³-hybridized carbons (Fsp3) is 0.321. The van der Waals surface area contributed by atoms with Gasteiger partial charge in [-0.3, -0.25) is 0 Å². The van der Waals surface area contributed by atoms with Gasteiger partial charge in [0.2, 0.25) is 0 Å². The molecule has 1 saturated carbocycles. The number of carbonyl (C=O) groups excluding carboxylic acids is 3. The highest BCUT2D eigenvalue weighted by Gasteiger charge is 2.53. The van der Waals surface area contributed by atoms with Crippen molar-refractivity contribution in [3.05, 3.63) is 59.7 Å². The number of aliphatic hydroxyl groups is 3. The van der Waals surface area contributed by atoms with E-state index in [4.69, 9.17) is 19.3 Å². The molecule has 0 amide bonds. The van der Waals surface area contributed by atoms with Gasteiger partial charge in [0.25, 0.3) is 0 Å². The lowest BCUT2D eigenvalue weighted by atomic mass is 9.79. The first-order valence-electron chi connectivity index (χ1n) is 12.4. The van der Waals surface area contributed by atoms with E-state index in [1.54, 1.807) is 0 Å². The predicted octanol–water partition coefficient (Wildman–Crippen LogP) is 0.871. The van der Waals surface area contributed by atoms with Crippen LogP contribution in [0.5, 0.6) is 23.0 Å². The number of esters is 3. The zero-order valence-electron chi connectivity index (χ0n) is 21.6. The second kappa shape index (κ2) is 13.7. The molecule has 1 aliphatic carbocycles. The maximum Gasteiger partial charge on any atom is 0.338 e. The fourth-order valence-electron chi connectivity index (χ4n) is 3.98. The Kier molecular flexibility index (Phi) is 10.3. The average molecular weight is 575 g/mol. The summed E-state index contributed by atoms with van der Waals surface area (Å²) in [6.07, 6.45) is -1.43. The van der Waals surface area contributed by atoms with Crippen LogP contribution in [0.15, 0.2) is 48.6 Å². The summed E-state index contributed by atoms with van der Waals surface area (Å²) in [7, 11) is 0. The fourth-order valence-corrected chi connectivity index (χ4v) is 3.98. The molecule has 2 aromatic rings. The van der Waals surface area contributed by atoms with Crippen molar-refractivity contribution in [1.29, 1.82) is 0 Å². The monoisotopic (exact) mass is 574 g/mol. The molecule has 13 nitrogen and oxygen atoms in total. The van der Waals surface area contributed by atoms with E-state index in [0.717, 1.165) is 12.2 Å². The van der Waals surface area contributed by atoms with E-state index < -0.39 is 66.2 Å². The summed E-state index contributed by atoms with van der Waals surface area (Å²) in [5, 5.41) is 68.8. The second-order valence-electron chi connectivity index (χ2n) is 9.26. The van der Waals surface area contributed by atoms with E-state index in [1.165, 1.54) is 48.6 Å². The summed E-state index contributed by atoms with van der Waals surface area (Å²) in [4.78, 5) is 37.7. The molecule has 1 aliphatic rings. The number of aromatic hydroxyl groups is 4. The minimum Gasteiger partial charge on any atom is -0.504 e. The summed E-state index contributed by atoms with van der Waals surface area (Å²) < 4.78 is 15.5. The molecule has 0 unspecified atom stereocenters. The molecule has 220 valence electrons. The van der Waals surface area contributed by atoms with Crippen LogP contribution < -0.4 is 0 Å². The van der Waals surface area contributed by atoms with Crippen LogP contribution in [0.3, 0.4) is 0 Å². The van der Waals surface area contributed by atoms with Gasteiger partial charge in [0, 0.05) is 38.0 Å². The number of phenolic OH excluding ortho intramolecular Hbond substituents is 4. The zero-order valence-corrected chi connectivity index (χ0v) is 21.6. The Morgan fingerprint density at radius 1 is 0.805 bits per heavy atom. The first-order chi connectivity index (χ1) is 19.4. The van der Waals surface area contributed by atoms with Gasteiger partial charge >= 0.3 is 17.9 Å². The highest BCUT2D eigenvalue weighted by Crippen LogP contribution is 2.34. The minimum atomic E-state index is -2.33.